The van der Waals surface area contributed by atoms with Crippen molar-refractivity contribution in [2.75, 3.05) is 24.5 Å². The Morgan fingerprint density at radius 2 is 1.92 bits per heavy atom. The molecule has 1 saturated heterocycles. The molecule has 0 amide bonds. The van der Waals surface area contributed by atoms with E-state index in [1.807, 2.05) is 0 Å². The van der Waals surface area contributed by atoms with Crippen LogP contribution in [0.1, 0.15) is 18.4 Å². The zero-order valence-corrected chi connectivity index (χ0v) is 14.9. The fourth-order valence-corrected chi connectivity index (χ4v) is 4.13. The highest BCUT2D eigenvalue weighted by atomic mass is 32.2. The van der Waals surface area contributed by atoms with Crippen molar-refractivity contribution in [1.82, 2.24) is 9.71 Å². The number of rotatable bonds is 5. The van der Waals surface area contributed by atoms with E-state index in [1.165, 1.54) is 12.1 Å². The number of benzene rings is 1. The average Bonchev–Trinajstić information content (AvgIpc) is 2.67. The van der Waals surface area contributed by atoms with Crippen LogP contribution in [0.2, 0.25) is 0 Å². The van der Waals surface area contributed by atoms with Crippen molar-refractivity contribution in [2.45, 2.75) is 17.7 Å². The van der Waals surface area contributed by atoms with Crippen LogP contribution < -0.4 is 9.62 Å². The van der Waals surface area contributed by atoms with E-state index >= 15 is 0 Å². The number of piperidine rings is 1. The minimum absolute atomic E-state index is 0.0588. The first-order valence-corrected chi connectivity index (χ1v) is 9.83. The number of nitrogens with one attached hydrogen (secondary N) is 1. The number of hydrogen-bond acceptors (Lipinski definition) is 5. The van der Waals surface area contributed by atoms with Gasteiger partial charge >= 0.3 is 0 Å². The van der Waals surface area contributed by atoms with Crippen LogP contribution in [-0.4, -0.2) is 33.0 Å². The molecule has 0 bridgehead atoms. The SMILES string of the molecule is N#Cc1cccnc1N1CCC(CNS(=O)(=O)c2ccc(F)cc2)CC1. The molecule has 2 aromatic rings. The van der Waals surface area contributed by atoms with E-state index in [0.29, 0.717) is 31.0 Å². The first-order chi connectivity index (χ1) is 12.5. The van der Waals surface area contributed by atoms with Gasteiger partial charge in [-0.15, -0.1) is 0 Å². The highest BCUT2D eigenvalue weighted by Gasteiger charge is 2.23. The fourth-order valence-electron chi connectivity index (χ4n) is 3.01. The molecule has 1 aromatic heterocycles. The molecule has 8 heteroatoms. The summed E-state index contributed by atoms with van der Waals surface area (Å²) in [6.45, 7) is 1.77. The van der Waals surface area contributed by atoms with Crippen LogP contribution in [0.15, 0.2) is 47.5 Å². The van der Waals surface area contributed by atoms with Crippen molar-refractivity contribution in [1.29, 1.82) is 5.26 Å². The predicted molar refractivity (Wildman–Crippen MR) is 95.5 cm³/mol. The lowest BCUT2D eigenvalue weighted by molar-refractivity contribution is 0.400. The van der Waals surface area contributed by atoms with E-state index < -0.39 is 15.8 Å². The number of anilines is 1. The smallest absolute Gasteiger partial charge is 0.240 e. The number of aromatic nitrogens is 1. The fraction of sp³-hybridized carbons (Fsp3) is 0.333. The Labute approximate surface area is 152 Å². The second-order valence-electron chi connectivity index (χ2n) is 6.22. The summed E-state index contributed by atoms with van der Waals surface area (Å²) >= 11 is 0. The van der Waals surface area contributed by atoms with E-state index in [2.05, 4.69) is 20.7 Å². The average molecular weight is 374 g/mol. The molecule has 0 spiro atoms. The van der Waals surface area contributed by atoms with Crippen molar-refractivity contribution < 1.29 is 12.8 Å². The number of nitriles is 1. The maximum absolute atomic E-state index is 12.9. The molecule has 0 atom stereocenters. The molecular formula is C18H19FN4O2S. The van der Waals surface area contributed by atoms with Crippen LogP contribution in [0.5, 0.6) is 0 Å². The molecule has 0 saturated carbocycles. The van der Waals surface area contributed by atoms with Gasteiger partial charge in [-0.1, -0.05) is 0 Å². The predicted octanol–water partition coefficient (Wildman–Crippen LogP) is 2.29. The van der Waals surface area contributed by atoms with Crippen LogP contribution in [0.4, 0.5) is 10.2 Å². The highest BCUT2D eigenvalue weighted by Crippen LogP contribution is 2.24. The molecule has 6 nitrogen and oxygen atoms in total. The van der Waals surface area contributed by atoms with E-state index in [-0.39, 0.29) is 10.8 Å². The molecule has 0 aliphatic carbocycles. The van der Waals surface area contributed by atoms with Gasteiger partial charge in [0.25, 0.3) is 0 Å². The molecule has 0 unspecified atom stereocenters. The van der Waals surface area contributed by atoms with E-state index in [0.717, 1.165) is 25.0 Å². The largest absolute Gasteiger partial charge is 0.356 e. The van der Waals surface area contributed by atoms with Crippen LogP contribution in [0, 0.1) is 23.1 Å². The standard InChI is InChI=1S/C18H19FN4O2S/c19-16-3-5-17(6-4-16)26(24,25)22-13-14-7-10-23(11-8-14)18-15(12-20)2-1-9-21-18/h1-6,9,14,22H,7-8,10-11,13H2. The molecule has 0 radical (unpaired) electrons. The summed E-state index contributed by atoms with van der Waals surface area (Å²) in [4.78, 5) is 6.41. The number of nitrogens with zero attached hydrogens (tertiary/aromatic N) is 3. The minimum Gasteiger partial charge on any atom is -0.356 e. The molecule has 1 N–H and O–H groups in total. The highest BCUT2D eigenvalue weighted by molar-refractivity contribution is 7.89. The maximum Gasteiger partial charge on any atom is 0.240 e. The minimum atomic E-state index is -3.64. The topological polar surface area (TPSA) is 86.1 Å². The molecule has 2 heterocycles. The van der Waals surface area contributed by atoms with Gasteiger partial charge in [0.2, 0.25) is 10.0 Å². The van der Waals surface area contributed by atoms with Crippen LogP contribution in [-0.2, 0) is 10.0 Å². The summed E-state index contributed by atoms with van der Waals surface area (Å²) in [6, 6.07) is 10.4. The summed E-state index contributed by atoms with van der Waals surface area (Å²) in [7, 11) is -3.64. The Kier molecular flexibility index (Phi) is 5.49. The summed E-state index contributed by atoms with van der Waals surface area (Å²) in [5, 5.41) is 9.18. The van der Waals surface area contributed by atoms with Crippen LogP contribution >= 0.6 is 0 Å². The molecular weight excluding hydrogens is 355 g/mol. The number of pyridine rings is 1. The Balaban J connectivity index is 1.56. The van der Waals surface area contributed by atoms with Crippen molar-refractivity contribution >= 4 is 15.8 Å². The van der Waals surface area contributed by atoms with Crippen molar-refractivity contribution in [3.8, 4) is 6.07 Å². The van der Waals surface area contributed by atoms with Gasteiger partial charge in [0.15, 0.2) is 0 Å². The third-order valence-electron chi connectivity index (χ3n) is 4.51. The van der Waals surface area contributed by atoms with E-state index in [4.69, 9.17) is 0 Å². The Hall–Kier alpha value is -2.50. The zero-order chi connectivity index (χ0) is 18.6. The first-order valence-electron chi connectivity index (χ1n) is 8.35. The molecule has 1 aliphatic heterocycles. The Morgan fingerprint density at radius 1 is 1.23 bits per heavy atom. The zero-order valence-electron chi connectivity index (χ0n) is 14.1. The summed E-state index contributed by atoms with van der Waals surface area (Å²) < 4.78 is 40.1. The number of halogens is 1. The molecule has 3 rings (SSSR count). The molecule has 1 aliphatic rings. The van der Waals surface area contributed by atoms with Crippen LogP contribution in [0.25, 0.3) is 0 Å². The summed E-state index contributed by atoms with van der Waals surface area (Å²) in [5.74, 6) is 0.415. The lowest BCUT2D eigenvalue weighted by Crippen LogP contribution is -2.39. The Bertz CT molecular complexity index is 902. The van der Waals surface area contributed by atoms with Crippen molar-refractivity contribution in [3.63, 3.8) is 0 Å². The normalized spacial score (nSPS) is 15.6. The van der Waals surface area contributed by atoms with Gasteiger partial charge in [0, 0.05) is 25.8 Å². The molecule has 1 fully saturated rings. The van der Waals surface area contributed by atoms with Crippen molar-refractivity contribution in [2.24, 2.45) is 5.92 Å². The summed E-state index contributed by atoms with van der Waals surface area (Å²) in [6.07, 6.45) is 3.26. The molecule has 136 valence electrons. The molecule has 1 aromatic carbocycles. The van der Waals surface area contributed by atoms with Gasteiger partial charge in [-0.05, 0) is 55.2 Å². The van der Waals surface area contributed by atoms with E-state index in [1.54, 1.807) is 18.3 Å². The van der Waals surface area contributed by atoms with Gasteiger partial charge in [-0.25, -0.2) is 22.5 Å². The monoisotopic (exact) mass is 374 g/mol. The molecule has 26 heavy (non-hydrogen) atoms. The van der Waals surface area contributed by atoms with Gasteiger partial charge in [-0.2, -0.15) is 5.26 Å². The number of sulfonamides is 1. The van der Waals surface area contributed by atoms with Gasteiger partial charge in [0.05, 0.1) is 10.5 Å². The van der Waals surface area contributed by atoms with E-state index in [9.17, 15) is 18.1 Å². The van der Waals surface area contributed by atoms with Gasteiger partial charge < -0.3 is 4.90 Å². The lowest BCUT2D eigenvalue weighted by Gasteiger charge is -2.33. The third kappa shape index (κ3) is 4.18. The van der Waals surface area contributed by atoms with Crippen LogP contribution in [0.3, 0.4) is 0 Å². The second kappa shape index (κ2) is 7.81. The summed E-state index contributed by atoms with van der Waals surface area (Å²) in [5.41, 5.74) is 0.544. The first kappa shape index (κ1) is 18.3. The Morgan fingerprint density at radius 3 is 2.58 bits per heavy atom. The quantitative estimate of drug-likeness (QED) is 0.868. The number of hydrogen-bond donors (Lipinski definition) is 1. The van der Waals surface area contributed by atoms with Gasteiger partial charge in [0.1, 0.15) is 17.7 Å². The lowest BCUT2D eigenvalue weighted by atomic mass is 9.97. The third-order valence-corrected chi connectivity index (χ3v) is 5.95. The van der Waals surface area contributed by atoms with Crippen molar-refractivity contribution in [3.05, 3.63) is 54.0 Å². The second-order valence-corrected chi connectivity index (χ2v) is 7.99. The van der Waals surface area contributed by atoms with Gasteiger partial charge in [-0.3, -0.25) is 0 Å². The maximum atomic E-state index is 12.9.